The normalized spacial score (nSPS) is 11.3. The standard InChI is InChI=1S/C18H17ClN6OS/c19-13-7-2-1-6-12(13)16-22-23-18(25(16)20)27-11-5-10-24-15-9-4-3-8-14(15)21-17(24)26/h1-4,6-9H,5,10-11,20H2,(H,21,26). The van der Waals surface area contributed by atoms with Crippen LogP contribution in [-0.2, 0) is 6.54 Å². The van der Waals surface area contributed by atoms with E-state index in [2.05, 4.69) is 15.2 Å². The number of imidazole rings is 1. The fourth-order valence-corrected chi connectivity index (χ4v) is 3.92. The molecule has 2 aromatic carbocycles. The SMILES string of the molecule is Nn1c(SCCCn2c(=O)[nH]c3ccccc32)nnc1-c1ccccc1Cl. The lowest BCUT2D eigenvalue weighted by atomic mass is 10.2. The van der Waals surface area contributed by atoms with E-state index in [4.69, 9.17) is 17.4 Å². The Hall–Kier alpha value is -2.71. The van der Waals surface area contributed by atoms with E-state index in [0.29, 0.717) is 22.5 Å². The number of hydrogen-bond acceptors (Lipinski definition) is 5. The number of nitrogens with two attached hydrogens (primary N) is 1. The van der Waals surface area contributed by atoms with Crippen LogP contribution < -0.4 is 11.5 Å². The Morgan fingerprint density at radius 2 is 1.89 bits per heavy atom. The number of thioether (sulfide) groups is 1. The summed E-state index contributed by atoms with van der Waals surface area (Å²) in [6.45, 7) is 0.617. The maximum absolute atomic E-state index is 12.1. The Morgan fingerprint density at radius 3 is 2.74 bits per heavy atom. The van der Waals surface area contributed by atoms with Crippen molar-refractivity contribution in [1.82, 2.24) is 24.4 Å². The van der Waals surface area contributed by atoms with Gasteiger partial charge in [-0.1, -0.05) is 47.6 Å². The van der Waals surface area contributed by atoms with Crippen molar-refractivity contribution in [3.05, 3.63) is 64.0 Å². The summed E-state index contributed by atoms with van der Waals surface area (Å²) in [5.74, 6) is 7.41. The highest BCUT2D eigenvalue weighted by Gasteiger charge is 2.14. The van der Waals surface area contributed by atoms with Gasteiger partial charge in [0.2, 0.25) is 5.16 Å². The van der Waals surface area contributed by atoms with Crippen LogP contribution in [0, 0.1) is 0 Å². The number of halogens is 1. The highest BCUT2D eigenvalue weighted by atomic mass is 35.5. The van der Waals surface area contributed by atoms with Gasteiger partial charge in [0.25, 0.3) is 0 Å². The average Bonchev–Trinajstić information content (AvgIpc) is 3.19. The number of rotatable bonds is 6. The molecule has 0 radical (unpaired) electrons. The lowest BCUT2D eigenvalue weighted by Gasteiger charge is -2.05. The van der Waals surface area contributed by atoms with Gasteiger partial charge in [-0.25, -0.2) is 9.47 Å². The largest absolute Gasteiger partial charge is 0.335 e. The molecule has 4 rings (SSSR count). The summed E-state index contributed by atoms with van der Waals surface area (Å²) in [6, 6.07) is 15.0. The molecule has 0 amide bonds. The first-order valence-corrected chi connectivity index (χ1v) is 9.77. The Bertz CT molecular complexity index is 1150. The van der Waals surface area contributed by atoms with Crippen LogP contribution in [0.25, 0.3) is 22.4 Å². The monoisotopic (exact) mass is 400 g/mol. The Balaban J connectivity index is 1.42. The quantitative estimate of drug-likeness (QED) is 0.294. The summed E-state index contributed by atoms with van der Waals surface area (Å²) >= 11 is 7.70. The molecule has 7 nitrogen and oxygen atoms in total. The van der Waals surface area contributed by atoms with Crippen molar-refractivity contribution in [2.45, 2.75) is 18.1 Å². The Labute approximate surface area is 164 Å². The number of hydrogen-bond donors (Lipinski definition) is 2. The zero-order chi connectivity index (χ0) is 18.8. The number of aryl methyl sites for hydroxylation is 1. The molecule has 2 heterocycles. The second-order valence-electron chi connectivity index (χ2n) is 5.96. The molecule has 27 heavy (non-hydrogen) atoms. The lowest BCUT2D eigenvalue weighted by molar-refractivity contribution is 0.678. The predicted octanol–water partition coefficient (Wildman–Crippen LogP) is 3.14. The molecular weight excluding hydrogens is 384 g/mol. The first-order valence-electron chi connectivity index (χ1n) is 8.41. The summed E-state index contributed by atoms with van der Waals surface area (Å²) in [5.41, 5.74) is 2.41. The summed E-state index contributed by atoms with van der Waals surface area (Å²) in [6.07, 6.45) is 0.792. The highest BCUT2D eigenvalue weighted by molar-refractivity contribution is 7.99. The zero-order valence-electron chi connectivity index (χ0n) is 14.3. The minimum Gasteiger partial charge on any atom is -0.335 e. The summed E-state index contributed by atoms with van der Waals surface area (Å²) < 4.78 is 3.20. The van der Waals surface area contributed by atoms with E-state index in [9.17, 15) is 4.79 Å². The van der Waals surface area contributed by atoms with Crippen molar-refractivity contribution in [2.75, 3.05) is 11.6 Å². The lowest BCUT2D eigenvalue weighted by Crippen LogP contribution is -2.17. The third kappa shape index (κ3) is 3.45. The van der Waals surface area contributed by atoms with Crippen LogP contribution in [0.4, 0.5) is 0 Å². The summed E-state index contributed by atoms with van der Waals surface area (Å²) in [7, 11) is 0. The van der Waals surface area contributed by atoms with Gasteiger partial charge in [0, 0.05) is 17.9 Å². The number of para-hydroxylation sites is 2. The first-order chi connectivity index (χ1) is 13.1. The van der Waals surface area contributed by atoms with E-state index in [1.54, 1.807) is 10.6 Å². The number of nitrogens with zero attached hydrogens (tertiary/aromatic N) is 4. The van der Waals surface area contributed by atoms with Gasteiger partial charge >= 0.3 is 5.69 Å². The molecule has 0 unspecified atom stereocenters. The van der Waals surface area contributed by atoms with E-state index in [1.807, 2.05) is 42.5 Å². The highest BCUT2D eigenvalue weighted by Crippen LogP contribution is 2.27. The van der Waals surface area contributed by atoms with Gasteiger partial charge < -0.3 is 10.8 Å². The smallest absolute Gasteiger partial charge is 0.326 e. The number of nitrogens with one attached hydrogen (secondary N) is 1. The second-order valence-corrected chi connectivity index (χ2v) is 7.43. The van der Waals surface area contributed by atoms with Crippen LogP contribution in [0.1, 0.15) is 6.42 Å². The van der Waals surface area contributed by atoms with E-state index in [-0.39, 0.29) is 5.69 Å². The van der Waals surface area contributed by atoms with E-state index >= 15 is 0 Å². The number of aromatic amines is 1. The minimum absolute atomic E-state index is 0.0933. The van der Waals surface area contributed by atoms with Crippen molar-refractivity contribution in [1.29, 1.82) is 0 Å². The molecule has 9 heteroatoms. The molecule has 4 aromatic rings. The molecule has 0 saturated carbocycles. The predicted molar refractivity (Wildman–Crippen MR) is 109 cm³/mol. The fourth-order valence-electron chi connectivity index (χ4n) is 2.92. The average molecular weight is 401 g/mol. The maximum Gasteiger partial charge on any atom is 0.326 e. The molecule has 0 aliphatic rings. The number of aromatic nitrogens is 5. The Morgan fingerprint density at radius 1 is 1.11 bits per heavy atom. The van der Waals surface area contributed by atoms with Crippen molar-refractivity contribution in [2.24, 2.45) is 0 Å². The molecule has 0 bridgehead atoms. The van der Waals surface area contributed by atoms with Crippen molar-refractivity contribution in [3.63, 3.8) is 0 Å². The third-order valence-electron chi connectivity index (χ3n) is 4.22. The molecule has 0 aliphatic carbocycles. The Kier molecular flexibility index (Phi) is 4.91. The molecule has 0 aliphatic heterocycles. The minimum atomic E-state index is -0.0933. The second kappa shape index (κ2) is 7.50. The first kappa shape index (κ1) is 17.7. The fraction of sp³-hybridized carbons (Fsp3) is 0.167. The van der Waals surface area contributed by atoms with E-state index in [0.717, 1.165) is 28.8 Å². The summed E-state index contributed by atoms with van der Waals surface area (Å²) in [4.78, 5) is 15.0. The number of nitrogen functional groups attached to an aromatic ring is 1. The van der Waals surface area contributed by atoms with Crippen molar-refractivity contribution < 1.29 is 0 Å². The molecule has 138 valence electrons. The van der Waals surface area contributed by atoms with Gasteiger partial charge in [-0.05, 0) is 30.7 Å². The van der Waals surface area contributed by atoms with Crippen LogP contribution in [0.5, 0.6) is 0 Å². The molecule has 3 N–H and O–H groups in total. The maximum atomic E-state index is 12.1. The molecule has 0 atom stereocenters. The van der Waals surface area contributed by atoms with Gasteiger partial charge in [-0.2, -0.15) is 0 Å². The number of fused-ring (bicyclic) bond motifs is 1. The van der Waals surface area contributed by atoms with E-state index < -0.39 is 0 Å². The zero-order valence-corrected chi connectivity index (χ0v) is 15.9. The molecular formula is C18H17ClN6OS. The molecule has 2 aromatic heterocycles. The van der Waals surface area contributed by atoms with Gasteiger partial charge in [-0.15, -0.1) is 10.2 Å². The number of benzene rings is 2. The van der Waals surface area contributed by atoms with Gasteiger partial charge in [-0.3, -0.25) is 4.57 Å². The van der Waals surface area contributed by atoms with Crippen LogP contribution in [0.15, 0.2) is 58.5 Å². The third-order valence-corrected chi connectivity index (χ3v) is 5.58. The summed E-state index contributed by atoms with van der Waals surface area (Å²) in [5, 5.41) is 9.49. The van der Waals surface area contributed by atoms with Crippen molar-refractivity contribution in [3.8, 4) is 11.4 Å². The van der Waals surface area contributed by atoms with Gasteiger partial charge in [0.15, 0.2) is 5.82 Å². The van der Waals surface area contributed by atoms with Crippen LogP contribution in [0.2, 0.25) is 5.02 Å². The van der Waals surface area contributed by atoms with Crippen molar-refractivity contribution >= 4 is 34.4 Å². The topological polar surface area (TPSA) is 94.5 Å². The van der Waals surface area contributed by atoms with Crippen LogP contribution in [0.3, 0.4) is 0 Å². The molecule has 0 saturated heterocycles. The van der Waals surface area contributed by atoms with E-state index in [1.165, 1.54) is 16.4 Å². The van der Waals surface area contributed by atoms with Gasteiger partial charge in [0.1, 0.15) is 0 Å². The molecule has 0 spiro atoms. The van der Waals surface area contributed by atoms with Crippen LogP contribution in [-0.4, -0.2) is 30.2 Å². The van der Waals surface area contributed by atoms with Crippen LogP contribution >= 0.6 is 23.4 Å². The molecule has 0 fully saturated rings. The number of H-pyrrole nitrogens is 1. The van der Waals surface area contributed by atoms with Gasteiger partial charge in [0.05, 0.1) is 16.1 Å².